The highest BCUT2D eigenvalue weighted by atomic mass is 32.2. The Morgan fingerprint density at radius 1 is 1.29 bits per heavy atom. The summed E-state index contributed by atoms with van der Waals surface area (Å²) in [6.07, 6.45) is 2.37. The van der Waals surface area contributed by atoms with Crippen molar-refractivity contribution in [2.24, 2.45) is 4.99 Å². The van der Waals surface area contributed by atoms with E-state index in [0.717, 1.165) is 17.2 Å². The molecule has 0 spiro atoms. The van der Waals surface area contributed by atoms with Crippen LogP contribution in [0.15, 0.2) is 46.2 Å². The van der Waals surface area contributed by atoms with Gasteiger partial charge in [0.1, 0.15) is 0 Å². The maximum Gasteiger partial charge on any atom is 0.282 e. The fraction of sp³-hybridized carbons (Fsp3) is 0.250. The first-order chi connectivity index (χ1) is 8.42. The summed E-state index contributed by atoms with van der Waals surface area (Å²) >= 11 is 1.68. The molecule has 0 N–H and O–H groups in total. The Morgan fingerprint density at radius 3 is 2.94 bits per heavy atom. The van der Waals surface area contributed by atoms with Crippen molar-refractivity contribution in [3.63, 3.8) is 0 Å². The van der Waals surface area contributed by atoms with E-state index in [0.29, 0.717) is 11.9 Å². The lowest BCUT2D eigenvalue weighted by atomic mass is 10.1. The average molecular weight is 245 g/mol. The lowest BCUT2D eigenvalue weighted by Crippen LogP contribution is -2.07. The number of hydrogen-bond acceptors (Lipinski definition) is 5. The van der Waals surface area contributed by atoms with E-state index in [1.54, 1.807) is 11.8 Å². The molecule has 17 heavy (non-hydrogen) atoms. The fourth-order valence-electron chi connectivity index (χ4n) is 1.79. The van der Waals surface area contributed by atoms with Gasteiger partial charge in [0.15, 0.2) is 11.4 Å². The first kappa shape index (κ1) is 10.5. The van der Waals surface area contributed by atoms with Crippen molar-refractivity contribution in [3.05, 3.63) is 48.1 Å². The van der Waals surface area contributed by atoms with Crippen LogP contribution in [-0.2, 0) is 6.42 Å². The smallest absolute Gasteiger partial charge is 0.282 e. The van der Waals surface area contributed by atoms with Gasteiger partial charge in [-0.1, -0.05) is 47.3 Å². The first-order valence-electron chi connectivity index (χ1n) is 5.43. The van der Waals surface area contributed by atoms with Crippen LogP contribution in [0, 0.1) is 0 Å². The van der Waals surface area contributed by atoms with Gasteiger partial charge in [0, 0.05) is 5.75 Å². The van der Waals surface area contributed by atoms with Crippen LogP contribution in [0.5, 0.6) is 0 Å². The molecule has 1 unspecified atom stereocenters. The highest BCUT2D eigenvalue weighted by Crippen LogP contribution is 2.24. The normalized spacial score (nSPS) is 19.3. The van der Waals surface area contributed by atoms with Gasteiger partial charge in [0.2, 0.25) is 0 Å². The molecule has 1 aromatic heterocycles. The topological polar surface area (TPSA) is 51.3 Å². The van der Waals surface area contributed by atoms with E-state index in [4.69, 9.17) is 4.52 Å². The highest BCUT2D eigenvalue weighted by Gasteiger charge is 2.22. The van der Waals surface area contributed by atoms with Crippen LogP contribution in [0.4, 0.5) is 0 Å². The molecular formula is C12H11N3OS. The molecule has 2 heterocycles. The van der Waals surface area contributed by atoms with Gasteiger partial charge in [-0.05, 0) is 12.0 Å². The third kappa shape index (κ3) is 2.39. The molecule has 4 nitrogen and oxygen atoms in total. The van der Waals surface area contributed by atoms with Crippen molar-refractivity contribution in [2.75, 3.05) is 5.75 Å². The summed E-state index contributed by atoms with van der Waals surface area (Å²) in [4.78, 5) is 8.62. The zero-order chi connectivity index (χ0) is 11.5. The number of aliphatic imine (C=N–C) groups is 1. The second-order valence-corrected chi connectivity index (χ2v) is 4.84. The van der Waals surface area contributed by atoms with Gasteiger partial charge in [-0.15, -0.1) is 0 Å². The number of hydrogen-bond donors (Lipinski definition) is 0. The van der Waals surface area contributed by atoms with Crippen LogP contribution in [0.3, 0.4) is 0 Å². The van der Waals surface area contributed by atoms with Crippen LogP contribution >= 0.6 is 11.8 Å². The molecule has 2 aromatic rings. The number of benzene rings is 1. The van der Waals surface area contributed by atoms with E-state index in [1.807, 2.05) is 6.07 Å². The van der Waals surface area contributed by atoms with E-state index >= 15 is 0 Å². The Morgan fingerprint density at radius 2 is 2.18 bits per heavy atom. The quantitative estimate of drug-likeness (QED) is 0.831. The first-order valence-corrected chi connectivity index (χ1v) is 6.42. The fourth-order valence-corrected chi connectivity index (χ4v) is 2.77. The molecule has 0 fully saturated rings. The summed E-state index contributed by atoms with van der Waals surface area (Å²) < 4.78 is 5.00. The second-order valence-electron chi connectivity index (χ2n) is 3.84. The summed E-state index contributed by atoms with van der Waals surface area (Å²) in [7, 11) is 0. The lowest BCUT2D eigenvalue weighted by molar-refractivity contribution is 0.411. The van der Waals surface area contributed by atoms with E-state index < -0.39 is 0 Å². The van der Waals surface area contributed by atoms with E-state index in [1.165, 1.54) is 11.9 Å². The van der Waals surface area contributed by atoms with Crippen molar-refractivity contribution in [3.8, 4) is 0 Å². The molecule has 1 aromatic carbocycles. The summed E-state index contributed by atoms with van der Waals surface area (Å²) in [5.41, 5.74) is 1.31. The second kappa shape index (κ2) is 4.71. The molecule has 1 aliphatic rings. The molecule has 0 radical (unpaired) electrons. The van der Waals surface area contributed by atoms with Crippen molar-refractivity contribution >= 4 is 16.8 Å². The minimum atomic E-state index is 0.310. The van der Waals surface area contributed by atoms with Crippen LogP contribution < -0.4 is 0 Å². The van der Waals surface area contributed by atoms with Crippen LogP contribution in [0.1, 0.15) is 11.5 Å². The van der Waals surface area contributed by atoms with Crippen molar-refractivity contribution in [1.82, 2.24) is 10.1 Å². The number of thioether (sulfide) groups is 1. The van der Waals surface area contributed by atoms with Gasteiger partial charge >= 0.3 is 0 Å². The van der Waals surface area contributed by atoms with Gasteiger partial charge in [0.05, 0.1) is 6.04 Å². The maximum absolute atomic E-state index is 5.00. The van der Waals surface area contributed by atoms with Crippen molar-refractivity contribution < 1.29 is 4.52 Å². The Hall–Kier alpha value is -1.62. The van der Waals surface area contributed by atoms with Crippen molar-refractivity contribution in [1.29, 1.82) is 0 Å². The standard InChI is InChI=1S/C12H11N3OS/c1-2-4-9(5-3-1)6-10-7-17-12(15-10)11-13-8-14-16-11/h1-5,8,10H,6-7H2. The molecule has 5 heteroatoms. The molecule has 0 saturated heterocycles. The zero-order valence-electron chi connectivity index (χ0n) is 9.11. The molecule has 0 bridgehead atoms. The number of rotatable bonds is 3. The summed E-state index contributed by atoms with van der Waals surface area (Å²) in [6, 6.07) is 10.7. The average Bonchev–Trinajstić information content (AvgIpc) is 3.00. The monoisotopic (exact) mass is 245 g/mol. The predicted molar refractivity (Wildman–Crippen MR) is 67.2 cm³/mol. The third-order valence-electron chi connectivity index (χ3n) is 2.57. The minimum Gasteiger partial charge on any atom is -0.332 e. The summed E-state index contributed by atoms with van der Waals surface area (Å²) in [6.45, 7) is 0. The zero-order valence-corrected chi connectivity index (χ0v) is 9.93. The Balaban J connectivity index is 1.71. The Bertz CT molecular complexity index is 510. The highest BCUT2D eigenvalue weighted by molar-refractivity contribution is 8.14. The Labute approximate surface area is 103 Å². The van der Waals surface area contributed by atoms with E-state index in [9.17, 15) is 0 Å². The van der Waals surface area contributed by atoms with Gasteiger partial charge in [-0.2, -0.15) is 4.98 Å². The van der Waals surface area contributed by atoms with E-state index in [-0.39, 0.29) is 0 Å². The van der Waals surface area contributed by atoms with Crippen LogP contribution in [0.25, 0.3) is 0 Å². The molecule has 0 saturated carbocycles. The largest absolute Gasteiger partial charge is 0.332 e. The third-order valence-corrected chi connectivity index (χ3v) is 3.68. The summed E-state index contributed by atoms with van der Waals surface area (Å²) in [5, 5.41) is 4.46. The molecule has 0 aliphatic carbocycles. The minimum absolute atomic E-state index is 0.310. The van der Waals surface area contributed by atoms with E-state index in [2.05, 4.69) is 39.4 Å². The number of nitrogens with zero attached hydrogens (tertiary/aromatic N) is 3. The maximum atomic E-state index is 5.00. The number of aromatic nitrogens is 2. The Kier molecular flexibility index (Phi) is 2.92. The molecular weight excluding hydrogens is 234 g/mol. The molecule has 1 aliphatic heterocycles. The van der Waals surface area contributed by atoms with Crippen LogP contribution in [-0.4, -0.2) is 27.0 Å². The SMILES string of the molecule is c1ccc(CC2CSC(c3ncno3)=N2)cc1. The predicted octanol–water partition coefficient (Wildman–Crippen LogP) is 2.17. The van der Waals surface area contributed by atoms with Gasteiger partial charge < -0.3 is 4.52 Å². The molecule has 3 rings (SSSR count). The summed E-state index contributed by atoms with van der Waals surface area (Å²) in [5.74, 6) is 1.51. The lowest BCUT2D eigenvalue weighted by Gasteiger charge is -2.04. The molecule has 1 atom stereocenters. The molecule has 86 valence electrons. The van der Waals surface area contributed by atoms with Gasteiger partial charge in [-0.25, -0.2) is 0 Å². The van der Waals surface area contributed by atoms with Gasteiger partial charge in [-0.3, -0.25) is 4.99 Å². The van der Waals surface area contributed by atoms with Gasteiger partial charge in [0.25, 0.3) is 5.89 Å². The van der Waals surface area contributed by atoms with Crippen molar-refractivity contribution in [2.45, 2.75) is 12.5 Å². The molecule has 0 amide bonds. The van der Waals surface area contributed by atoms with Crippen LogP contribution in [0.2, 0.25) is 0 Å².